The minimum atomic E-state index is -0.183. The zero-order valence-corrected chi connectivity index (χ0v) is 18.0. The maximum atomic E-state index is 12.6. The minimum Gasteiger partial charge on any atom is -0.495 e. The summed E-state index contributed by atoms with van der Waals surface area (Å²) in [4.78, 5) is 32.3. The smallest absolute Gasteiger partial charge is 0.323 e. The highest BCUT2D eigenvalue weighted by atomic mass is 32.1. The standard InChI is InChI=1S/C23H24N4O3S/c1-30-19-10-6-5-9-18(19)25-21(28)17-11-13-27(14-12-17)23(29)26-22-24-15-20(31-22)16-7-3-2-4-8-16/h2-10,15,17H,11-14H2,1H3,(H,25,28)(H,24,26,29). The Kier molecular flexibility index (Phi) is 6.47. The Labute approximate surface area is 185 Å². The third-order valence-corrected chi connectivity index (χ3v) is 6.26. The number of para-hydroxylation sites is 2. The predicted octanol–water partition coefficient (Wildman–Crippen LogP) is 4.70. The number of carbonyl (C=O) groups is 2. The number of anilines is 2. The first kappa shape index (κ1) is 20.9. The van der Waals surface area contributed by atoms with E-state index in [0.717, 1.165) is 10.4 Å². The molecule has 2 heterocycles. The number of ether oxygens (including phenoxy) is 1. The molecule has 2 N–H and O–H groups in total. The zero-order valence-electron chi connectivity index (χ0n) is 17.2. The Morgan fingerprint density at radius 2 is 1.74 bits per heavy atom. The van der Waals surface area contributed by atoms with Gasteiger partial charge in [-0.1, -0.05) is 53.8 Å². The molecular weight excluding hydrogens is 412 g/mol. The molecule has 0 spiro atoms. The average Bonchev–Trinajstić information content (AvgIpc) is 3.28. The lowest BCUT2D eigenvalue weighted by Gasteiger charge is -2.31. The van der Waals surface area contributed by atoms with Crippen molar-refractivity contribution in [2.24, 2.45) is 5.92 Å². The van der Waals surface area contributed by atoms with Gasteiger partial charge >= 0.3 is 6.03 Å². The van der Waals surface area contributed by atoms with Crippen LogP contribution in [0.5, 0.6) is 5.75 Å². The van der Waals surface area contributed by atoms with Gasteiger partial charge in [-0.25, -0.2) is 9.78 Å². The van der Waals surface area contributed by atoms with Crippen LogP contribution in [0.2, 0.25) is 0 Å². The fraction of sp³-hybridized carbons (Fsp3) is 0.261. The maximum absolute atomic E-state index is 12.6. The van der Waals surface area contributed by atoms with Crippen molar-refractivity contribution >= 4 is 34.1 Å². The molecule has 4 rings (SSSR count). The Hall–Kier alpha value is -3.39. The lowest BCUT2D eigenvalue weighted by atomic mass is 9.96. The second-order valence-electron chi connectivity index (χ2n) is 7.28. The van der Waals surface area contributed by atoms with E-state index in [2.05, 4.69) is 15.6 Å². The van der Waals surface area contributed by atoms with Crippen LogP contribution in [-0.2, 0) is 4.79 Å². The molecule has 0 unspecified atom stereocenters. The number of aromatic nitrogens is 1. The quantitative estimate of drug-likeness (QED) is 0.607. The number of amides is 3. The van der Waals surface area contributed by atoms with E-state index in [1.807, 2.05) is 54.6 Å². The van der Waals surface area contributed by atoms with Crippen LogP contribution in [0.15, 0.2) is 60.8 Å². The molecular formula is C23H24N4O3S. The Morgan fingerprint density at radius 3 is 2.48 bits per heavy atom. The van der Waals surface area contributed by atoms with E-state index >= 15 is 0 Å². The molecule has 1 aromatic heterocycles. The summed E-state index contributed by atoms with van der Waals surface area (Å²) in [7, 11) is 1.58. The van der Waals surface area contributed by atoms with E-state index in [-0.39, 0.29) is 17.9 Å². The molecule has 2 aromatic carbocycles. The van der Waals surface area contributed by atoms with Crippen LogP contribution < -0.4 is 15.4 Å². The van der Waals surface area contributed by atoms with Crippen molar-refractivity contribution in [3.8, 4) is 16.2 Å². The second-order valence-corrected chi connectivity index (χ2v) is 8.31. The molecule has 0 radical (unpaired) electrons. The number of hydrogen-bond donors (Lipinski definition) is 2. The normalized spacial score (nSPS) is 14.2. The number of benzene rings is 2. The fourth-order valence-electron chi connectivity index (χ4n) is 3.57. The first-order valence-electron chi connectivity index (χ1n) is 10.1. The monoisotopic (exact) mass is 436 g/mol. The summed E-state index contributed by atoms with van der Waals surface area (Å²) in [5.74, 6) is 0.446. The summed E-state index contributed by atoms with van der Waals surface area (Å²) >= 11 is 1.44. The van der Waals surface area contributed by atoms with Crippen molar-refractivity contribution in [2.45, 2.75) is 12.8 Å². The number of methoxy groups -OCH3 is 1. The van der Waals surface area contributed by atoms with Crippen LogP contribution in [0.1, 0.15) is 12.8 Å². The van der Waals surface area contributed by atoms with Crippen LogP contribution in [0.4, 0.5) is 15.6 Å². The lowest BCUT2D eigenvalue weighted by molar-refractivity contribution is -0.121. The van der Waals surface area contributed by atoms with Gasteiger partial charge in [0.1, 0.15) is 5.75 Å². The molecule has 3 amide bonds. The van der Waals surface area contributed by atoms with Crippen LogP contribution in [0, 0.1) is 5.92 Å². The van der Waals surface area contributed by atoms with Crippen molar-refractivity contribution in [2.75, 3.05) is 30.8 Å². The molecule has 7 nitrogen and oxygen atoms in total. The van der Waals surface area contributed by atoms with Gasteiger partial charge in [-0.05, 0) is 30.5 Å². The number of thiazole rings is 1. The van der Waals surface area contributed by atoms with E-state index < -0.39 is 0 Å². The zero-order chi connectivity index (χ0) is 21.6. The van der Waals surface area contributed by atoms with Gasteiger partial charge in [0.25, 0.3) is 0 Å². The first-order valence-corrected chi connectivity index (χ1v) is 11.0. The van der Waals surface area contributed by atoms with Gasteiger partial charge in [0.15, 0.2) is 5.13 Å². The fourth-order valence-corrected chi connectivity index (χ4v) is 4.38. The summed E-state index contributed by atoms with van der Waals surface area (Å²) in [6, 6.07) is 17.1. The van der Waals surface area contributed by atoms with Crippen LogP contribution in [0.3, 0.4) is 0 Å². The number of piperidine rings is 1. The van der Waals surface area contributed by atoms with Crippen LogP contribution in [-0.4, -0.2) is 42.0 Å². The molecule has 1 aliphatic heterocycles. The van der Waals surface area contributed by atoms with Crippen molar-refractivity contribution in [1.82, 2.24) is 9.88 Å². The molecule has 8 heteroatoms. The number of urea groups is 1. The second kappa shape index (κ2) is 9.61. The molecule has 1 aliphatic rings. The number of likely N-dealkylation sites (tertiary alicyclic amines) is 1. The van der Waals surface area contributed by atoms with E-state index in [9.17, 15) is 9.59 Å². The van der Waals surface area contributed by atoms with E-state index in [4.69, 9.17) is 4.74 Å². The van der Waals surface area contributed by atoms with Gasteiger partial charge in [0, 0.05) is 25.2 Å². The number of nitrogens with one attached hydrogen (secondary N) is 2. The molecule has 1 fully saturated rings. The molecule has 0 atom stereocenters. The SMILES string of the molecule is COc1ccccc1NC(=O)C1CCN(C(=O)Nc2ncc(-c3ccccc3)s2)CC1. The van der Waals surface area contributed by atoms with Gasteiger partial charge in [-0.3, -0.25) is 10.1 Å². The molecule has 3 aromatic rings. The molecule has 0 bridgehead atoms. The highest BCUT2D eigenvalue weighted by molar-refractivity contribution is 7.19. The molecule has 31 heavy (non-hydrogen) atoms. The Balaban J connectivity index is 1.29. The highest BCUT2D eigenvalue weighted by Crippen LogP contribution is 2.29. The number of rotatable bonds is 5. The summed E-state index contributed by atoms with van der Waals surface area (Å²) < 4.78 is 5.29. The van der Waals surface area contributed by atoms with Crippen molar-refractivity contribution in [3.63, 3.8) is 0 Å². The summed E-state index contributed by atoms with van der Waals surface area (Å²) in [6.45, 7) is 1.04. The number of carbonyl (C=O) groups excluding carboxylic acids is 2. The van der Waals surface area contributed by atoms with E-state index in [1.165, 1.54) is 11.3 Å². The third kappa shape index (κ3) is 5.03. The van der Waals surface area contributed by atoms with E-state index in [0.29, 0.717) is 42.5 Å². The van der Waals surface area contributed by atoms with Crippen LogP contribution >= 0.6 is 11.3 Å². The summed E-state index contributed by atoms with van der Waals surface area (Å²) in [5.41, 5.74) is 1.73. The molecule has 0 saturated carbocycles. The lowest BCUT2D eigenvalue weighted by Crippen LogP contribution is -2.43. The van der Waals surface area contributed by atoms with Gasteiger partial charge in [-0.15, -0.1) is 0 Å². The van der Waals surface area contributed by atoms with Crippen molar-refractivity contribution < 1.29 is 14.3 Å². The Morgan fingerprint density at radius 1 is 1.03 bits per heavy atom. The molecule has 0 aliphatic carbocycles. The van der Waals surface area contributed by atoms with Gasteiger partial charge in [0.05, 0.1) is 17.7 Å². The largest absolute Gasteiger partial charge is 0.495 e. The topological polar surface area (TPSA) is 83.6 Å². The maximum Gasteiger partial charge on any atom is 0.323 e. The van der Waals surface area contributed by atoms with E-state index in [1.54, 1.807) is 18.2 Å². The highest BCUT2D eigenvalue weighted by Gasteiger charge is 2.28. The average molecular weight is 437 g/mol. The minimum absolute atomic E-state index is 0.0445. The number of nitrogens with zero attached hydrogens (tertiary/aromatic N) is 2. The van der Waals surface area contributed by atoms with Gasteiger partial charge < -0.3 is 15.0 Å². The van der Waals surface area contributed by atoms with Crippen molar-refractivity contribution in [3.05, 3.63) is 60.8 Å². The van der Waals surface area contributed by atoms with Gasteiger partial charge in [-0.2, -0.15) is 0 Å². The van der Waals surface area contributed by atoms with Gasteiger partial charge in [0.2, 0.25) is 5.91 Å². The molecule has 1 saturated heterocycles. The summed E-state index contributed by atoms with van der Waals surface area (Å²) in [5, 5.41) is 6.39. The first-order chi connectivity index (χ1) is 15.1. The molecule has 160 valence electrons. The predicted molar refractivity (Wildman–Crippen MR) is 122 cm³/mol. The third-order valence-electron chi connectivity index (χ3n) is 5.30. The van der Waals surface area contributed by atoms with Crippen molar-refractivity contribution in [1.29, 1.82) is 0 Å². The summed E-state index contributed by atoms with van der Waals surface area (Å²) in [6.07, 6.45) is 2.99. The Bertz CT molecular complexity index is 1050. The number of hydrogen-bond acceptors (Lipinski definition) is 5. The van der Waals surface area contributed by atoms with Crippen LogP contribution in [0.25, 0.3) is 10.4 Å².